The normalized spacial score (nSPS) is 13.6. The van der Waals surface area contributed by atoms with Crippen LogP contribution in [-0.4, -0.2) is 225 Å². The van der Waals surface area contributed by atoms with Crippen LogP contribution in [-0.2, 0) is 9.59 Å². The van der Waals surface area contributed by atoms with Gasteiger partial charge in [-0.1, -0.05) is 0 Å². The highest BCUT2D eigenvalue weighted by molar-refractivity contribution is 6.09. The number of rotatable bonds is 22. The first-order valence-corrected chi connectivity index (χ1v) is 21.3. The molecule has 21 nitrogen and oxygen atoms in total. The van der Waals surface area contributed by atoms with E-state index in [4.69, 9.17) is 0 Å². The van der Waals surface area contributed by atoms with Crippen LogP contribution in [0.3, 0.4) is 0 Å². The second kappa shape index (κ2) is 24.6. The summed E-state index contributed by atoms with van der Waals surface area (Å²) in [6.45, 7) is 6.56. The molecule has 66 heavy (non-hydrogen) atoms. The second-order valence-electron chi connectivity index (χ2n) is 16.9. The molecule has 2 aromatic rings. The Morgan fingerprint density at radius 3 is 0.727 bits per heavy atom. The third-order valence-corrected chi connectivity index (χ3v) is 11.5. The predicted octanol–water partition coefficient (Wildman–Crippen LogP) is -2.00. The third-order valence-electron chi connectivity index (χ3n) is 11.5. The van der Waals surface area contributed by atoms with Crippen molar-refractivity contribution in [3.63, 3.8) is 0 Å². The van der Waals surface area contributed by atoms with E-state index in [0.717, 1.165) is 29.4 Å². The lowest BCUT2D eigenvalue weighted by Gasteiger charge is -2.35. The number of aliphatic hydroxyl groups is 9. The van der Waals surface area contributed by atoms with E-state index in [1.54, 1.807) is 0 Å². The molecule has 21 heteroatoms. The monoisotopic (exact) mass is 934 g/mol. The van der Waals surface area contributed by atoms with Crippen molar-refractivity contribution < 1.29 is 74.7 Å². The number of nitrogens with zero attached hydrogens (tertiary/aromatic N) is 6. The summed E-state index contributed by atoms with van der Waals surface area (Å²) in [5, 5.41) is 90.6. The Balaban J connectivity index is 2.97. The van der Waals surface area contributed by atoms with Gasteiger partial charge in [-0.25, -0.2) is 0 Å². The van der Waals surface area contributed by atoms with Gasteiger partial charge in [-0.05, 0) is 74.9 Å². The second-order valence-corrected chi connectivity index (χ2v) is 16.9. The molecular formula is C45H70N6O15. The minimum absolute atomic E-state index is 0.0398. The number of carbonyl (C=O) groups excluding carboxylic acids is 6. The standard InChI is InChI=1S/C45H70N6O15/c1-23-36(42(63)46(9)13-32(59)19-52)25(3)40(26(4)37(23)43(64)47(10)14-33(60)20-53)50(29(7)56)17-31(58)18-51(30(8)57)41-27(5)38(44(65)48(11)15-34(61)21-54)24(2)39(28(41)6)45(66)49(12)16-35(62)22-55/h31-35,52-55,58-62H,13-22H2,1-12H3. The number of hydrogen-bond donors (Lipinski definition) is 9. The highest BCUT2D eigenvalue weighted by Crippen LogP contribution is 2.38. The first-order chi connectivity index (χ1) is 30.6. The van der Waals surface area contributed by atoms with Crippen molar-refractivity contribution in [1.82, 2.24) is 19.6 Å². The molecule has 0 aromatic heterocycles. The van der Waals surface area contributed by atoms with E-state index in [1.807, 2.05) is 0 Å². The van der Waals surface area contributed by atoms with Crippen molar-refractivity contribution >= 4 is 46.8 Å². The van der Waals surface area contributed by atoms with Crippen LogP contribution < -0.4 is 9.80 Å². The number of anilines is 2. The molecule has 0 radical (unpaired) electrons. The minimum Gasteiger partial charge on any atom is -0.394 e. The topological polar surface area (TPSA) is 304 Å². The molecule has 0 aliphatic heterocycles. The molecule has 4 atom stereocenters. The van der Waals surface area contributed by atoms with Crippen molar-refractivity contribution in [2.24, 2.45) is 0 Å². The number of hydrogen-bond acceptors (Lipinski definition) is 15. The smallest absolute Gasteiger partial charge is 0.254 e. The summed E-state index contributed by atoms with van der Waals surface area (Å²) in [6.07, 6.45) is -6.85. The molecule has 9 N–H and O–H groups in total. The Morgan fingerprint density at radius 2 is 0.561 bits per heavy atom. The van der Waals surface area contributed by atoms with Gasteiger partial charge in [0.25, 0.3) is 23.6 Å². The van der Waals surface area contributed by atoms with Crippen molar-refractivity contribution in [3.05, 3.63) is 55.6 Å². The first-order valence-electron chi connectivity index (χ1n) is 21.3. The van der Waals surface area contributed by atoms with E-state index in [2.05, 4.69) is 0 Å². The average Bonchev–Trinajstić information content (AvgIpc) is 3.24. The zero-order chi connectivity index (χ0) is 50.8. The lowest BCUT2D eigenvalue weighted by molar-refractivity contribution is -0.117. The van der Waals surface area contributed by atoms with Crippen LogP contribution in [0.1, 0.15) is 88.7 Å². The third kappa shape index (κ3) is 13.1. The number of likely N-dealkylation sites (N-methyl/N-ethyl adjacent to an activating group) is 4. The van der Waals surface area contributed by atoms with E-state index >= 15 is 0 Å². The van der Waals surface area contributed by atoms with Gasteiger partial charge in [-0.15, -0.1) is 0 Å². The van der Waals surface area contributed by atoms with Crippen LogP contribution in [0.2, 0.25) is 0 Å². The molecule has 2 rings (SSSR count). The van der Waals surface area contributed by atoms with Gasteiger partial charge in [0.15, 0.2) is 0 Å². The van der Waals surface area contributed by atoms with Gasteiger partial charge < -0.3 is 75.4 Å². The summed E-state index contributed by atoms with van der Waals surface area (Å²) < 4.78 is 0. The summed E-state index contributed by atoms with van der Waals surface area (Å²) in [6, 6.07) is 0. The van der Waals surface area contributed by atoms with Crippen LogP contribution >= 0.6 is 0 Å². The van der Waals surface area contributed by atoms with Crippen LogP contribution in [0.4, 0.5) is 11.4 Å². The maximum atomic E-state index is 14.2. The Labute approximate surface area is 385 Å². The van der Waals surface area contributed by atoms with Gasteiger partial charge in [-0.2, -0.15) is 0 Å². The number of aliphatic hydroxyl groups excluding tert-OH is 9. The molecule has 0 spiro atoms. The molecule has 0 heterocycles. The largest absolute Gasteiger partial charge is 0.394 e. The predicted molar refractivity (Wildman–Crippen MR) is 244 cm³/mol. The molecule has 0 fully saturated rings. The van der Waals surface area contributed by atoms with Crippen LogP contribution in [0.15, 0.2) is 0 Å². The lowest BCUT2D eigenvalue weighted by Crippen LogP contribution is -2.45. The molecule has 0 saturated heterocycles. The summed E-state index contributed by atoms with van der Waals surface area (Å²) >= 11 is 0. The van der Waals surface area contributed by atoms with Crippen LogP contribution in [0.25, 0.3) is 0 Å². The Kier molecular flexibility index (Phi) is 21.3. The molecule has 0 aliphatic carbocycles. The van der Waals surface area contributed by atoms with Crippen LogP contribution in [0, 0.1) is 41.5 Å². The molecular weight excluding hydrogens is 865 g/mol. The molecule has 6 amide bonds. The van der Waals surface area contributed by atoms with Gasteiger partial charge in [0.1, 0.15) is 0 Å². The van der Waals surface area contributed by atoms with Gasteiger partial charge in [-0.3, -0.25) is 28.8 Å². The van der Waals surface area contributed by atoms with E-state index in [0.29, 0.717) is 0 Å². The summed E-state index contributed by atoms with van der Waals surface area (Å²) in [5.74, 6) is -4.07. The Morgan fingerprint density at radius 1 is 0.364 bits per heavy atom. The molecule has 0 bridgehead atoms. The summed E-state index contributed by atoms with van der Waals surface area (Å²) in [7, 11) is 5.48. The maximum absolute atomic E-state index is 14.2. The van der Waals surface area contributed by atoms with Gasteiger partial charge in [0, 0.05) is 90.5 Å². The average molecular weight is 935 g/mol. The minimum atomic E-state index is -1.61. The number of carbonyl (C=O) groups is 6. The quantitative estimate of drug-likeness (QED) is 0.0618. The van der Waals surface area contributed by atoms with Crippen molar-refractivity contribution in [3.8, 4) is 0 Å². The highest BCUT2D eigenvalue weighted by Gasteiger charge is 2.35. The molecule has 4 unspecified atom stereocenters. The zero-order valence-corrected chi connectivity index (χ0v) is 40.1. The van der Waals surface area contributed by atoms with E-state index in [9.17, 15) is 74.7 Å². The fourth-order valence-corrected chi connectivity index (χ4v) is 8.33. The van der Waals surface area contributed by atoms with Crippen molar-refractivity contribution in [1.29, 1.82) is 0 Å². The Bertz CT molecular complexity index is 1860. The van der Waals surface area contributed by atoms with E-state index in [-0.39, 0.29) is 93.2 Å². The highest BCUT2D eigenvalue weighted by atomic mass is 16.3. The Hall–Kier alpha value is -5.10. The van der Waals surface area contributed by atoms with Gasteiger partial charge in [0.2, 0.25) is 11.8 Å². The fourth-order valence-electron chi connectivity index (χ4n) is 8.33. The first kappa shape index (κ1) is 57.0. The molecule has 370 valence electrons. The van der Waals surface area contributed by atoms with Crippen molar-refractivity contribution in [2.45, 2.75) is 85.9 Å². The van der Waals surface area contributed by atoms with E-state index in [1.165, 1.54) is 83.6 Å². The summed E-state index contributed by atoms with van der Waals surface area (Å²) in [5.41, 5.74) is 1.08. The molecule has 0 aliphatic rings. The molecule has 0 saturated carbocycles. The van der Waals surface area contributed by atoms with E-state index < -0.39 is 105 Å². The van der Waals surface area contributed by atoms with Gasteiger partial charge >= 0.3 is 0 Å². The fraction of sp³-hybridized carbons (Fsp3) is 0.600. The number of benzene rings is 2. The maximum Gasteiger partial charge on any atom is 0.254 e. The zero-order valence-electron chi connectivity index (χ0n) is 40.1. The summed E-state index contributed by atoms with van der Waals surface area (Å²) in [4.78, 5) is 90.9. The van der Waals surface area contributed by atoms with Crippen LogP contribution in [0.5, 0.6) is 0 Å². The van der Waals surface area contributed by atoms with Gasteiger partial charge in [0.05, 0.1) is 81.4 Å². The molecule has 2 aromatic carbocycles. The SMILES string of the molecule is CC(=O)N(CC(O)CN(C(C)=O)c1c(C)c(C(=O)N(C)CC(O)CO)c(C)c(C(=O)N(C)CC(O)CO)c1C)c1c(C)c(C(=O)N(C)CC(O)CO)c(C)c(C(=O)N(C)CC(O)CO)c1C. The number of amides is 6. The lowest BCUT2D eigenvalue weighted by atomic mass is 9.88. The van der Waals surface area contributed by atoms with Crippen molar-refractivity contribution in [2.75, 3.05) is 104 Å².